The lowest BCUT2D eigenvalue weighted by Crippen LogP contribution is -2.48. The molecule has 3 aromatic rings. The molecule has 1 saturated heterocycles. The second kappa shape index (κ2) is 7.27. The number of sulfonamides is 1. The summed E-state index contributed by atoms with van der Waals surface area (Å²) in [7, 11) is -3.46. The van der Waals surface area contributed by atoms with Crippen LogP contribution in [-0.2, 0) is 22.9 Å². The van der Waals surface area contributed by atoms with E-state index in [1.54, 1.807) is 16.6 Å². The Morgan fingerprint density at radius 1 is 0.897 bits per heavy atom. The summed E-state index contributed by atoms with van der Waals surface area (Å²) in [5, 5.41) is 1.69. The van der Waals surface area contributed by atoms with E-state index in [0.717, 1.165) is 35.9 Å². The van der Waals surface area contributed by atoms with Gasteiger partial charge in [0.15, 0.2) is 0 Å². The van der Waals surface area contributed by atoms with Crippen LogP contribution in [0.5, 0.6) is 0 Å². The molecule has 2 aromatic carbocycles. The van der Waals surface area contributed by atoms with Crippen molar-refractivity contribution in [2.75, 3.05) is 31.1 Å². The fourth-order valence-electron chi connectivity index (χ4n) is 4.41. The zero-order valence-corrected chi connectivity index (χ0v) is 17.6. The standard InChI is InChI=1S/C22H22ClN3O2S/c23-18-5-7-20-21(15-18)24-9-8-22(20)25-10-12-26(13-11-25)29(27,28)19-6-4-16-2-1-3-17(16)14-19/h4-9,14-15H,1-3,10-13H2. The zero-order chi connectivity index (χ0) is 20.0. The van der Waals surface area contributed by atoms with Crippen LogP contribution in [0, 0.1) is 0 Å². The van der Waals surface area contributed by atoms with E-state index in [1.165, 1.54) is 11.1 Å². The van der Waals surface area contributed by atoms with E-state index in [9.17, 15) is 8.42 Å². The van der Waals surface area contributed by atoms with Crippen LogP contribution in [0.2, 0.25) is 5.02 Å². The van der Waals surface area contributed by atoms with E-state index in [1.807, 2.05) is 36.4 Å². The minimum absolute atomic E-state index is 0.426. The number of benzene rings is 2. The van der Waals surface area contributed by atoms with Gasteiger partial charge in [0, 0.05) is 48.5 Å². The average molecular weight is 428 g/mol. The van der Waals surface area contributed by atoms with Gasteiger partial charge in [0.25, 0.3) is 0 Å². The number of hydrogen-bond acceptors (Lipinski definition) is 4. The predicted octanol–water partition coefficient (Wildman–Crippen LogP) is 3.89. The highest BCUT2D eigenvalue weighted by Crippen LogP contribution is 2.30. The number of pyridine rings is 1. The van der Waals surface area contributed by atoms with Crippen LogP contribution < -0.4 is 4.90 Å². The highest BCUT2D eigenvalue weighted by molar-refractivity contribution is 7.89. The summed E-state index contributed by atoms with van der Waals surface area (Å²) in [6, 6.07) is 13.3. The Bertz CT molecular complexity index is 1190. The smallest absolute Gasteiger partial charge is 0.243 e. The Labute approximate surface area is 176 Å². The third-order valence-electron chi connectivity index (χ3n) is 5.97. The Kier molecular flexibility index (Phi) is 4.73. The highest BCUT2D eigenvalue weighted by Gasteiger charge is 2.30. The van der Waals surface area contributed by atoms with Crippen molar-refractivity contribution < 1.29 is 8.42 Å². The van der Waals surface area contributed by atoms with E-state index >= 15 is 0 Å². The molecule has 0 unspecified atom stereocenters. The SMILES string of the molecule is O=S(=O)(c1ccc2c(c1)CCC2)N1CCN(c2ccnc3cc(Cl)ccc23)CC1. The van der Waals surface area contributed by atoms with Crippen LogP contribution in [-0.4, -0.2) is 43.9 Å². The Hall–Kier alpha value is -2.15. The number of halogens is 1. The number of aryl methyl sites for hydroxylation is 2. The summed E-state index contributed by atoms with van der Waals surface area (Å²) in [6.07, 6.45) is 4.93. The van der Waals surface area contributed by atoms with Gasteiger partial charge in [-0.3, -0.25) is 4.98 Å². The molecular weight excluding hydrogens is 406 g/mol. The zero-order valence-electron chi connectivity index (χ0n) is 16.0. The highest BCUT2D eigenvalue weighted by atomic mass is 35.5. The van der Waals surface area contributed by atoms with Crippen LogP contribution >= 0.6 is 11.6 Å². The van der Waals surface area contributed by atoms with Gasteiger partial charge in [-0.05, 0) is 66.8 Å². The van der Waals surface area contributed by atoms with Gasteiger partial charge in [-0.1, -0.05) is 17.7 Å². The summed E-state index contributed by atoms with van der Waals surface area (Å²) >= 11 is 6.09. The minimum atomic E-state index is -3.46. The molecule has 2 heterocycles. The van der Waals surface area contributed by atoms with Gasteiger partial charge >= 0.3 is 0 Å². The van der Waals surface area contributed by atoms with Crippen LogP contribution in [0.15, 0.2) is 53.6 Å². The van der Waals surface area contributed by atoms with Crippen molar-refractivity contribution in [1.82, 2.24) is 9.29 Å². The second-order valence-corrected chi connectivity index (χ2v) is 10.0. The molecule has 0 bridgehead atoms. The summed E-state index contributed by atoms with van der Waals surface area (Å²) < 4.78 is 27.9. The number of aromatic nitrogens is 1. The fraction of sp³-hybridized carbons (Fsp3) is 0.318. The molecule has 1 aliphatic heterocycles. The molecular formula is C22H22ClN3O2S. The van der Waals surface area contributed by atoms with E-state index < -0.39 is 10.0 Å². The minimum Gasteiger partial charge on any atom is -0.368 e. The van der Waals surface area contributed by atoms with Crippen LogP contribution in [0.1, 0.15) is 17.5 Å². The first-order valence-electron chi connectivity index (χ1n) is 9.93. The molecule has 1 aliphatic carbocycles. The first-order chi connectivity index (χ1) is 14.0. The fourth-order valence-corrected chi connectivity index (χ4v) is 6.05. The molecule has 0 saturated carbocycles. The summed E-state index contributed by atoms with van der Waals surface area (Å²) in [6.45, 7) is 2.23. The van der Waals surface area contributed by atoms with Crippen molar-refractivity contribution in [3.05, 3.63) is 64.8 Å². The molecule has 0 N–H and O–H groups in total. The maximum atomic E-state index is 13.2. The van der Waals surface area contributed by atoms with Gasteiger partial charge < -0.3 is 4.90 Å². The Morgan fingerprint density at radius 3 is 2.52 bits per heavy atom. The molecule has 150 valence electrons. The van der Waals surface area contributed by atoms with Gasteiger partial charge in [-0.25, -0.2) is 8.42 Å². The topological polar surface area (TPSA) is 53.5 Å². The lowest BCUT2D eigenvalue weighted by atomic mass is 10.1. The van der Waals surface area contributed by atoms with Gasteiger partial charge in [0.05, 0.1) is 10.4 Å². The largest absolute Gasteiger partial charge is 0.368 e. The van der Waals surface area contributed by atoms with Crippen molar-refractivity contribution in [3.63, 3.8) is 0 Å². The van der Waals surface area contributed by atoms with E-state index in [2.05, 4.69) is 9.88 Å². The van der Waals surface area contributed by atoms with Crippen LogP contribution in [0.4, 0.5) is 5.69 Å². The van der Waals surface area contributed by atoms with Crippen LogP contribution in [0.25, 0.3) is 10.9 Å². The summed E-state index contributed by atoms with van der Waals surface area (Å²) in [4.78, 5) is 7.06. The summed E-state index contributed by atoms with van der Waals surface area (Å²) in [5.74, 6) is 0. The molecule has 5 rings (SSSR count). The summed E-state index contributed by atoms with van der Waals surface area (Å²) in [5.41, 5.74) is 4.40. The number of fused-ring (bicyclic) bond motifs is 2. The second-order valence-electron chi connectivity index (χ2n) is 7.67. The molecule has 0 atom stereocenters. The van der Waals surface area contributed by atoms with Crippen molar-refractivity contribution in [3.8, 4) is 0 Å². The van der Waals surface area contributed by atoms with Crippen molar-refractivity contribution in [2.24, 2.45) is 0 Å². The van der Waals surface area contributed by atoms with Gasteiger partial charge in [0.2, 0.25) is 10.0 Å². The molecule has 5 nitrogen and oxygen atoms in total. The average Bonchev–Trinajstić information content (AvgIpc) is 3.21. The molecule has 1 aromatic heterocycles. The van der Waals surface area contributed by atoms with Gasteiger partial charge in [0.1, 0.15) is 0 Å². The Balaban J connectivity index is 1.37. The molecule has 7 heteroatoms. The number of nitrogens with zero attached hydrogens (tertiary/aromatic N) is 3. The first-order valence-corrected chi connectivity index (χ1v) is 11.8. The molecule has 0 radical (unpaired) electrons. The molecule has 0 spiro atoms. The maximum Gasteiger partial charge on any atom is 0.243 e. The van der Waals surface area contributed by atoms with E-state index in [-0.39, 0.29) is 0 Å². The van der Waals surface area contributed by atoms with Crippen molar-refractivity contribution in [1.29, 1.82) is 0 Å². The van der Waals surface area contributed by atoms with Crippen molar-refractivity contribution >= 4 is 38.2 Å². The number of piperazine rings is 1. The van der Waals surface area contributed by atoms with Crippen LogP contribution in [0.3, 0.4) is 0 Å². The normalized spacial score (nSPS) is 17.6. The predicted molar refractivity (Wildman–Crippen MR) is 116 cm³/mol. The molecule has 2 aliphatic rings. The molecule has 29 heavy (non-hydrogen) atoms. The van der Waals surface area contributed by atoms with E-state index in [0.29, 0.717) is 36.1 Å². The third kappa shape index (κ3) is 3.39. The Morgan fingerprint density at radius 2 is 1.69 bits per heavy atom. The van der Waals surface area contributed by atoms with E-state index in [4.69, 9.17) is 11.6 Å². The lowest BCUT2D eigenvalue weighted by Gasteiger charge is -2.36. The number of hydrogen-bond donors (Lipinski definition) is 0. The third-order valence-corrected chi connectivity index (χ3v) is 8.10. The molecule has 0 amide bonds. The number of anilines is 1. The molecule has 1 fully saturated rings. The van der Waals surface area contributed by atoms with Crippen molar-refractivity contribution in [2.45, 2.75) is 24.2 Å². The number of rotatable bonds is 3. The van der Waals surface area contributed by atoms with Gasteiger partial charge in [-0.2, -0.15) is 4.31 Å². The van der Waals surface area contributed by atoms with Gasteiger partial charge in [-0.15, -0.1) is 0 Å². The first kappa shape index (κ1) is 18.9. The maximum absolute atomic E-state index is 13.2. The quantitative estimate of drug-likeness (QED) is 0.636. The lowest BCUT2D eigenvalue weighted by molar-refractivity contribution is 0.385. The monoisotopic (exact) mass is 427 g/mol.